The number of unbranched alkanes of at least 4 members (excludes halogenated alkanes) is 16. The minimum atomic E-state index is -1.49. The largest absolute Gasteiger partial charge is 0.481 e. The third-order valence-corrected chi connectivity index (χ3v) is 10.5. The Bertz CT molecular complexity index is 1360. The van der Waals surface area contributed by atoms with Crippen LogP contribution in [0.2, 0.25) is 0 Å². The summed E-state index contributed by atoms with van der Waals surface area (Å²) in [5.74, 6) is -7.58. The van der Waals surface area contributed by atoms with Crippen molar-refractivity contribution in [3.8, 4) is 0 Å². The SMILES string of the molecule is CCCCO.CCCCO.CCCCO.CCCCO.CCCCO.CCCCO.CCCCO.CCCCO.CCCCO.CCCCO.CCCCO.CCCCO.CCCCO.CCCCO.CCCCO.CCCCO.O=C(O)/C=C\C=C/C(=O)O.O=C(O)C=CC=CC(=O)O.O=C(O)CCC(=O)O.O=C(O)CCC(O)O.[Ti].[Ti].[Ti].[Ti]. The summed E-state index contributed by atoms with van der Waals surface area (Å²) >= 11 is 0. The molecule has 0 atom stereocenters. The summed E-state index contributed by atoms with van der Waals surface area (Å²) in [6, 6.07) is 0. The Labute approximate surface area is 786 Å². The fraction of sp³-hybridized carbons (Fsp3) is 0.821. The van der Waals surface area contributed by atoms with Gasteiger partial charge in [-0.25, -0.2) is 19.2 Å². The molecule has 0 saturated heterocycles. The second-order valence-corrected chi connectivity index (χ2v) is 22.7. The summed E-state index contributed by atoms with van der Waals surface area (Å²) in [7, 11) is 0. The average molecular weight is 1900 g/mol. The third-order valence-electron chi connectivity index (χ3n) is 10.5. The molecular formula is C84H186O32Ti4. The summed E-state index contributed by atoms with van der Waals surface area (Å²) in [6.45, 7) is 38.3. The molecule has 0 fully saturated rings. The van der Waals surface area contributed by atoms with Crippen LogP contribution in [0.25, 0.3) is 0 Å². The molecule has 0 aromatic rings. The van der Waals surface area contributed by atoms with Crippen molar-refractivity contribution in [1.29, 1.82) is 0 Å². The molecule has 0 unspecified atom stereocenters. The van der Waals surface area contributed by atoms with Gasteiger partial charge in [0.05, 0.1) is 19.3 Å². The van der Waals surface area contributed by atoms with Crippen LogP contribution in [-0.2, 0) is 120 Å². The summed E-state index contributed by atoms with van der Waals surface area (Å²) < 4.78 is 0. The molecule has 0 aromatic heterocycles. The Balaban J connectivity index is -0.0000000369. The zero-order valence-corrected chi connectivity index (χ0v) is 83.7. The Morgan fingerprint density at radius 2 is 0.283 bits per heavy atom. The summed E-state index contributed by atoms with van der Waals surface area (Å²) in [5, 5.41) is 201. The van der Waals surface area contributed by atoms with E-state index in [2.05, 4.69) is 111 Å². The number of carbonyl (C=O) groups is 7. The maximum atomic E-state index is 9.78. The fourth-order valence-corrected chi connectivity index (χ4v) is 3.55. The first-order valence-electron chi connectivity index (χ1n) is 41.5. The van der Waals surface area contributed by atoms with E-state index in [-0.39, 0.29) is 113 Å². The molecule has 0 amide bonds. The van der Waals surface area contributed by atoms with Gasteiger partial charge in [-0.1, -0.05) is 238 Å². The number of hydrogen-bond acceptors (Lipinski definition) is 25. The molecule has 0 aliphatic rings. The monoisotopic (exact) mass is 1900 g/mol. The zero-order valence-electron chi connectivity index (χ0n) is 77.5. The smallest absolute Gasteiger partial charge is 0.328 e. The summed E-state index contributed by atoms with van der Waals surface area (Å²) in [6.07, 6.45) is 38.2. The molecule has 0 rings (SSSR count). The van der Waals surface area contributed by atoms with Crippen molar-refractivity contribution < 1.29 is 248 Å². The molecule has 0 aromatic carbocycles. The van der Waals surface area contributed by atoms with Gasteiger partial charge in [0.15, 0.2) is 6.29 Å². The minimum absolute atomic E-state index is 0. The predicted molar refractivity (Wildman–Crippen MR) is 469 cm³/mol. The van der Waals surface area contributed by atoms with Gasteiger partial charge in [-0.15, -0.1) is 0 Å². The normalized spacial score (nSPS) is 8.62. The van der Waals surface area contributed by atoms with Crippen molar-refractivity contribution in [2.45, 2.75) is 348 Å². The first kappa shape index (κ1) is 182. The molecule has 0 bridgehead atoms. The Hall–Kier alpha value is -2.61. The quantitative estimate of drug-likeness (QED) is 0.0117. The van der Waals surface area contributed by atoms with E-state index in [1.54, 1.807) is 0 Å². The predicted octanol–water partition coefficient (Wildman–Crippen LogP) is 12.1. The Morgan fingerprint density at radius 1 is 0.192 bits per heavy atom. The van der Waals surface area contributed by atoms with Crippen molar-refractivity contribution in [3.63, 3.8) is 0 Å². The van der Waals surface area contributed by atoms with Gasteiger partial charge in [0.2, 0.25) is 0 Å². The van der Waals surface area contributed by atoms with Gasteiger partial charge >= 0.3 is 41.8 Å². The topological polar surface area (TPSA) is 625 Å². The number of aliphatic hydroxyl groups excluding tert-OH is 17. The summed E-state index contributed by atoms with van der Waals surface area (Å²) in [4.78, 5) is 68.1. The van der Waals surface area contributed by atoms with E-state index in [4.69, 9.17) is 128 Å². The molecule has 0 heterocycles. The molecule has 0 radical (unpaired) electrons. The fourth-order valence-electron chi connectivity index (χ4n) is 3.55. The van der Waals surface area contributed by atoms with Gasteiger partial charge in [-0.3, -0.25) is 14.4 Å². The van der Waals surface area contributed by atoms with Crippen LogP contribution in [0, 0.1) is 0 Å². The number of rotatable bonds is 44. The van der Waals surface area contributed by atoms with Crippen LogP contribution < -0.4 is 0 Å². The molecule has 25 N–H and O–H groups in total. The van der Waals surface area contributed by atoms with E-state index in [1.807, 2.05) is 0 Å². The van der Waals surface area contributed by atoms with Gasteiger partial charge in [0, 0.05) is 223 Å². The van der Waals surface area contributed by atoms with Crippen molar-refractivity contribution >= 4 is 41.8 Å². The number of aliphatic carboxylic acids is 7. The van der Waals surface area contributed by atoms with Gasteiger partial charge in [0.25, 0.3) is 0 Å². The first-order valence-corrected chi connectivity index (χ1v) is 41.5. The molecule has 0 spiro atoms. The van der Waals surface area contributed by atoms with E-state index in [0.29, 0.717) is 106 Å². The van der Waals surface area contributed by atoms with Crippen LogP contribution in [0.5, 0.6) is 0 Å². The molecule has 32 nitrogen and oxygen atoms in total. The van der Waals surface area contributed by atoms with E-state index >= 15 is 0 Å². The number of carboxylic acid groups (broad SMARTS) is 7. The maximum Gasteiger partial charge on any atom is 0.328 e. The van der Waals surface area contributed by atoms with Crippen LogP contribution >= 0.6 is 0 Å². The number of hydrogen-bond donors (Lipinski definition) is 25. The molecule has 120 heavy (non-hydrogen) atoms. The second kappa shape index (κ2) is 234. The average Bonchev–Trinajstić information content (AvgIpc) is 1.12. The van der Waals surface area contributed by atoms with Crippen LogP contribution in [0.1, 0.15) is 342 Å². The van der Waals surface area contributed by atoms with E-state index in [0.717, 1.165) is 254 Å². The molecular weight excluding hydrogens is 1710 g/mol. The number of carboxylic acids is 7. The molecule has 0 aliphatic carbocycles. The number of allylic oxidation sites excluding steroid dienone is 4. The van der Waals surface area contributed by atoms with Crippen LogP contribution in [-0.4, -0.2) is 281 Å². The van der Waals surface area contributed by atoms with Crippen molar-refractivity contribution in [3.05, 3.63) is 48.6 Å². The van der Waals surface area contributed by atoms with Crippen LogP contribution in [0.4, 0.5) is 0 Å². The van der Waals surface area contributed by atoms with Gasteiger partial charge in [0.1, 0.15) is 0 Å². The molecule has 730 valence electrons. The Kier molecular flexibility index (Phi) is 355. The summed E-state index contributed by atoms with van der Waals surface area (Å²) in [5.41, 5.74) is 0. The molecule has 0 aliphatic heterocycles. The van der Waals surface area contributed by atoms with Gasteiger partial charge in [-0.05, 0) is 103 Å². The first-order chi connectivity index (χ1) is 55.1. The van der Waals surface area contributed by atoms with Crippen LogP contribution in [0.15, 0.2) is 48.6 Å². The Morgan fingerprint density at radius 3 is 0.317 bits per heavy atom. The van der Waals surface area contributed by atoms with Gasteiger partial charge in [-0.2, -0.15) is 0 Å². The maximum absolute atomic E-state index is 9.78. The van der Waals surface area contributed by atoms with Crippen molar-refractivity contribution in [2.75, 3.05) is 106 Å². The minimum Gasteiger partial charge on any atom is -0.481 e. The number of aliphatic hydroxyl groups is 18. The third kappa shape index (κ3) is 530. The van der Waals surface area contributed by atoms with E-state index < -0.39 is 48.1 Å². The van der Waals surface area contributed by atoms with E-state index in [9.17, 15) is 33.6 Å². The van der Waals surface area contributed by atoms with Crippen LogP contribution in [0.3, 0.4) is 0 Å². The second-order valence-electron chi connectivity index (χ2n) is 22.7. The molecule has 36 heteroatoms. The van der Waals surface area contributed by atoms with Gasteiger partial charge < -0.3 is 128 Å². The van der Waals surface area contributed by atoms with Crippen molar-refractivity contribution in [2.24, 2.45) is 0 Å². The molecule has 0 saturated carbocycles. The zero-order chi connectivity index (χ0) is 95.0. The van der Waals surface area contributed by atoms with Crippen molar-refractivity contribution in [1.82, 2.24) is 0 Å². The standard InChI is InChI=1S/2C6H6O4.C4H8O4.C4H6O4.16C4H10O.4Ti/c2*7-5(8)3-1-2-4-6(9)10;2*5-3(6)1-2-4(7)8;16*1-2-3-4-5;;;;/h2*1-4H,(H,7,8)(H,9,10);3,5-6H,1-2H2,(H,7,8);1-2H2,(H,5,6)(H,7,8);16*5H,2-4H2,1H3;;;;/b3-1-,4-2-;;;;;;;;;;;;;;;;;;;;;;;. The van der Waals surface area contributed by atoms with E-state index in [1.165, 1.54) is 0 Å².